The van der Waals surface area contributed by atoms with Crippen molar-refractivity contribution in [1.82, 2.24) is 9.80 Å². The summed E-state index contributed by atoms with van der Waals surface area (Å²) < 4.78 is 33.4. The topological polar surface area (TPSA) is 79.3 Å². The van der Waals surface area contributed by atoms with E-state index < -0.39 is 10.0 Å². The third kappa shape index (κ3) is 4.94. The molecule has 168 valence electrons. The van der Waals surface area contributed by atoms with Crippen molar-refractivity contribution in [1.29, 1.82) is 0 Å². The molecule has 2 aromatic rings. The molecule has 0 aliphatic carbocycles. The van der Waals surface area contributed by atoms with E-state index in [-0.39, 0.29) is 30.1 Å². The van der Waals surface area contributed by atoms with Gasteiger partial charge < -0.3 is 14.5 Å². The van der Waals surface area contributed by atoms with E-state index in [0.717, 1.165) is 11.3 Å². The van der Waals surface area contributed by atoms with Gasteiger partial charge in [0.25, 0.3) is 15.9 Å². The van der Waals surface area contributed by atoms with E-state index in [1.54, 1.807) is 46.6 Å². The summed E-state index contributed by atoms with van der Waals surface area (Å²) in [6, 6.07) is 11.5. The standard InChI is InChI=1S/C23H25N3O4S2/c1-17(15-20-5-4-13-31-20)26(16-18-7-9-19(30-2)10-8-18)23(27)21-6-3-11-25-12-14-32(28,29)24-22(21)25/h3-11,13,17H,12,14-16H2,1-2H3/t17-/m0/s1. The SMILES string of the molecule is COc1ccc(CN(C(=O)C2=CC=CN3CCS(=O)(=O)N=C23)[C@@H](C)Cc2cccs2)cc1. The van der Waals surface area contributed by atoms with Crippen molar-refractivity contribution in [3.05, 3.63) is 76.1 Å². The molecule has 1 atom stereocenters. The van der Waals surface area contributed by atoms with Gasteiger partial charge in [-0.05, 0) is 48.2 Å². The first-order valence-electron chi connectivity index (χ1n) is 10.3. The Morgan fingerprint density at radius 1 is 1.28 bits per heavy atom. The minimum atomic E-state index is -3.58. The third-order valence-corrected chi connectivity index (χ3v) is 7.52. The zero-order chi connectivity index (χ0) is 22.7. The highest BCUT2D eigenvalue weighted by Gasteiger charge is 2.33. The monoisotopic (exact) mass is 471 g/mol. The van der Waals surface area contributed by atoms with Crippen LogP contribution in [0.25, 0.3) is 0 Å². The minimum Gasteiger partial charge on any atom is -0.497 e. The van der Waals surface area contributed by atoms with Crippen LogP contribution >= 0.6 is 11.3 Å². The summed E-state index contributed by atoms with van der Waals surface area (Å²) in [7, 11) is -1.97. The summed E-state index contributed by atoms with van der Waals surface area (Å²) in [5.74, 6) is 0.643. The highest BCUT2D eigenvalue weighted by Crippen LogP contribution is 2.24. The summed E-state index contributed by atoms with van der Waals surface area (Å²) in [6.07, 6.45) is 5.88. The van der Waals surface area contributed by atoms with Crippen LogP contribution in [0.2, 0.25) is 0 Å². The van der Waals surface area contributed by atoms with E-state index in [1.807, 2.05) is 42.6 Å². The molecule has 0 fully saturated rings. The van der Waals surface area contributed by atoms with Crippen molar-refractivity contribution in [2.24, 2.45) is 4.40 Å². The molecule has 3 heterocycles. The Labute approximate surface area is 192 Å². The Bertz CT molecular complexity index is 1170. The van der Waals surface area contributed by atoms with E-state index >= 15 is 0 Å². The maximum atomic E-state index is 13.8. The number of sulfonamides is 1. The summed E-state index contributed by atoms with van der Waals surface area (Å²) in [6.45, 7) is 2.68. The number of carbonyl (C=O) groups is 1. The van der Waals surface area contributed by atoms with Gasteiger partial charge in [0.05, 0.1) is 18.4 Å². The van der Waals surface area contributed by atoms with Crippen LogP contribution in [0.4, 0.5) is 0 Å². The Balaban J connectivity index is 1.66. The third-order valence-electron chi connectivity index (χ3n) is 5.47. The maximum Gasteiger partial charge on any atom is 0.258 e. The molecule has 0 N–H and O–H groups in total. The van der Waals surface area contributed by atoms with Crippen LogP contribution < -0.4 is 4.74 Å². The van der Waals surface area contributed by atoms with Gasteiger partial charge >= 0.3 is 0 Å². The maximum absolute atomic E-state index is 13.8. The average molecular weight is 472 g/mol. The molecule has 9 heteroatoms. The van der Waals surface area contributed by atoms with Gasteiger partial charge in [-0.25, -0.2) is 8.42 Å². The number of methoxy groups -OCH3 is 1. The second kappa shape index (κ2) is 9.30. The second-order valence-corrected chi connectivity index (χ2v) is 10.5. The fourth-order valence-electron chi connectivity index (χ4n) is 3.72. The lowest BCUT2D eigenvalue weighted by Gasteiger charge is -2.34. The molecule has 0 spiro atoms. The van der Waals surface area contributed by atoms with Gasteiger partial charge in [-0.1, -0.05) is 18.2 Å². The summed E-state index contributed by atoms with van der Waals surface area (Å²) in [5, 5.41) is 2.02. The van der Waals surface area contributed by atoms with Crippen molar-refractivity contribution < 1.29 is 17.9 Å². The van der Waals surface area contributed by atoms with E-state index in [1.165, 1.54) is 4.88 Å². The van der Waals surface area contributed by atoms with Crippen molar-refractivity contribution >= 4 is 33.1 Å². The number of allylic oxidation sites excluding steroid dienone is 2. The average Bonchev–Trinajstić information content (AvgIpc) is 3.29. The molecular weight excluding hydrogens is 446 g/mol. The normalized spacial score (nSPS) is 17.8. The quantitative estimate of drug-likeness (QED) is 0.620. The van der Waals surface area contributed by atoms with Crippen LogP contribution in [0.3, 0.4) is 0 Å². The first-order chi connectivity index (χ1) is 15.4. The number of ether oxygens (including phenoxy) is 1. The highest BCUT2D eigenvalue weighted by molar-refractivity contribution is 7.90. The molecule has 1 aromatic carbocycles. The predicted octanol–water partition coefficient (Wildman–Crippen LogP) is 3.21. The number of carbonyl (C=O) groups excluding carboxylic acids is 1. The van der Waals surface area contributed by atoms with E-state index in [0.29, 0.717) is 18.5 Å². The lowest BCUT2D eigenvalue weighted by molar-refractivity contribution is -0.129. The number of fused-ring (bicyclic) bond motifs is 1. The number of amides is 1. The first-order valence-corrected chi connectivity index (χ1v) is 12.8. The van der Waals surface area contributed by atoms with Gasteiger partial charge in [0, 0.05) is 36.6 Å². The first kappa shape index (κ1) is 22.3. The van der Waals surface area contributed by atoms with Crippen LogP contribution in [-0.2, 0) is 27.8 Å². The number of hydrogen-bond acceptors (Lipinski definition) is 6. The smallest absolute Gasteiger partial charge is 0.258 e. The Kier molecular flexibility index (Phi) is 6.48. The van der Waals surface area contributed by atoms with Crippen LogP contribution in [0, 0.1) is 0 Å². The summed E-state index contributed by atoms with van der Waals surface area (Å²) in [5.41, 5.74) is 1.25. The van der Waals surface area contributed by atoms with Gasteiger partial charge in [0.15, 0.2) is 5.84 Å². The molecule has 32 heavy (non-hydrogen) atoms. The lowest BCUT2D eigenvalue weighted by Crippen LogP contribution is -2.46. The minimum absolute atomic E-state index is 0.0628. The van der Waals surface area contributed by atoms with Crippen LogP contribution in [0.1, 0.15) is 17.4 Å². The highest BCUT2D eigenvalue weighted by atomic mass is 32.2. The predicted molar refractivity (Wildman–Crippen MR) is 126 cm³/mol. The second-order valence-electron chi connectivity index (χ2n) is 7.73. The molecule has 4 rings (SSSR count). The van der Waals surface area contributed by atoms with Crippen LogP contribution in [-0.4, -0.2) is 55.4 Å². The molecule has 1 amide bonds. The zero-order valence-corrected chi connectivity index (χ0v) is 19.6. The fraction of sp³-hybridized carbons (Fsp3) is 0.304. The van der Waals surface area contributed by atoms with Gasteiger partial charge in [-0.2, -0.15) is 0 Å². The number of amidine groups is 1. The number of benzene rings is 1. The fourth-order valence-corrected chi connectivity index (χ4v) is 5.54. The Hall–Kier alpha value is -2.91. The number of nitrogens with zero attached hydrogens (tertiary/aromatic N) is 3. The number of rotatable bonds is 7. The molecule has 0 unspecified atom stereocenters. The molecule has 7 nitrogen and oxygen atoms in total. The van der Waals surface area contributed by atoms with Crippen molar-refractivity contribution in [3.8, 4) is 5.75 Å². The van der Waals surface area contributed by atoms with Gasteiger partial charge in [-0.15, -0.1) is 15.7 Å². The van der Waals surface area contributed by atoms with Gasteiger partial charge in [-0.3, -0.25) is 4.79 Å². The molecular formula is C23H25N3O4S2. The van der Waals surface area contributed by atoms with Crippen molar-refractivity contribution in [3.63, 3.8) is 0 Å². The van der Waals surface area contributed by atoms with Gasteiger partial charge in [0.1, 0.15) is 5.75 Å². The Morgan fingerprint density at radius 2 is 2.06 bits per heavy atom. The van der Waals surface area contributed by atoms with E-state index in [2.05, 4.69) is 10.5 Å². The molecule has 2 aliphatic heterocycles. The lowest BCUT2D eigenvalue weighted by atomic mass is 10.1. The van der Waals surface area contributed by atoms with E-state index in [4.69, 9.17) is 4.74 Å². The number of thiophene rings is 1. The molecule has 1 aromatic heterocycles. The zero-order valence-electron chi connectivity index (χ0n) is 18.0. The molecule has 0 radical (unpaired) electrons. The van der Waals surface area contributed by atoms with E-state index in [9.17, 15) is 13.2 Å². The molecule has 0 bridgehead atoms. The summed E-state index contributed by atoms with van der Waals surface area (Å²) >= 11 is 1.65. The van der Waals surface area contributed by atoms with Gasteiger partial charge in [0.2, 0.25) is 0 Å². The van der Waals surface area contributed by atoms with Crippen LogP contribution in [0.15, 0.2) is 70.1 Å². The van der Waals surface area contributed by atoms with Crippen LogP contribution in [0.5, 0.6) is 5.75 Å². The molecule has 0 saturated carbocycles. The molecule has 2 aliphatic rings. The van der Waals surface area contributed by atoms with Crippen molar-refractivity contribution in [2.75, 3.05) is 19.4 Å². The molecule has 0 saturated heterocycles. The Morgan fingerprint density at radius 3 is 2.75 bits per heavy atom. The van der Waals surface area contributed by atoms with Crippen molar-refractivity contribution in [2.45, 2.75) is 25.9 Å². The largest absolute Gasteiger partial charge is 0.497 e. The number of hydrogen-bond donors (Lipinski definition) is 0. The summed E-state index contributed by atoms with van der Waals surface area (Å²) in [4.78, 5) is 18.5.